The van der Waals surface area contributed by atoms with Gasteiger partial charge in [0.05, 0.1) is 5.92 Å². The van der Waals surface area contributed by atoms with Gasteiger partial charge in [-0.1, -0.05) is 5.16 Å². The predicted molar refractivity (Wildman–Crippen MR) is 101 cm³/mol. The molecule has 1 unspecified atom stereocenters. The maximum Gasteiger partial charge on any atom is 0.263 e. The third kappa shape index (κ3) is 3.19. The molecule has 1 amide bonds. The van der Waals surface area contributed by atoms with Crippen molar-refractivity contribution in [2.24, 2.45) is 5.92 Å². The minimum absolute atomic E-state index is 0.0616. The average Bonchev–Trinajstić information content (AvgIpc) is 3.43. The van der Waals surface area contributed by atoms with Crippen LogP contribution in [0, 0.1) is 11.7 Å². The van der Waals surface area contributed by atoms with Gasteiger partial charge in [0.1, 0.15) is 29.0 Å². The zero-order valence-corrected chi connectivity index (χ0v) is 15.3. The summed E-state index contributed by atoms with van der Waals surface area (Å²) in [7, 11) is 0. The molecule has 3 heterocycles. The first-order valence-corrected chi connectivity index (χ1v) is 9.60. The molecule has 1 N–H and O–H groups in total. The van der Waals surface area contributed by atoms with Gasteiger partial charge in [-0.2, -0.15) is 4.98 Å². The Morgan fingerprint density at radius 1 is 1.18 bits per heavy atom. The third-order valence-electron chi connectivity index (χ3n) is 5.39. The van der Waals surface area contributed by atoms with Crippen molar-refractivity contribution in [3.05, 3.63) is 36.4 Å². The highest BCUT2D eigenvalue weighted by Gasteiger charge is 2.32. The average molecular weight is 381 g/mol. The maximum atomic E-state index is 13.3. The van der Waals surface area contributed by atoms with E-state index in [1.165, 1.54) is 18.5 Å². The first kappa shape index (κ1) is 17.1. The highest BCUT2D eigenvalue weighted by Crippen LogP contribution is 2.35. The fourth-order valence-corrected chi connectivity index (χ4v) is 3.75. The zero-order valence-electron chi connectivity index (χ0n) is 15.3. The fourth-order valence-electron chi connectivity index (χ4n) is 3.75. The molecular weight excluding hydrogens is 361 g/mol. The van der Waals surface area contributed by atoms with Crippen LogP contribution in [0.3, 0.4) is 0 Å². The minimum atomic E-state index is -0.312. The number of anilines is 1. The molecule has 1 saturated heterocycles. The number of rotatable bonds is 4. The van der Waals surface area contributed by atoms with Gasteiger partial charge >= 0.3 is 0 Å². The van der Waals surface area contributed by atoms with E-state index in [4.69, 9.17) is 4.52 Å². The Morgan fingerprint density at radius 2 is 2.00 bits per heavy atom. The molecule has 2 aromatic heterocycles. The first-order valence-electron chi connectivity index (χ1n) is 9.60. The lowest BCUT2D eigenvalue weighted by Crippen LogP contribution is -2.44. The summed E-state index contributed by atoms with van der Waals surface area (Å²) in [5.74, 6) is 0.457. The quantitative estimate of drug-likeness (QED) is 0.748. The van der Waals surface area contributed by atoms with E-state index < -0.39 is 0 Å². The highest BCUT2D eigenvalue weighted by atomic mass is 19.1. The van der Waals surface area contributed by atoms with Crippen molar-refractivity contribution in [3.8, 4) is 11.3 Å². The molecule has 7 nitrogen and oxygen atoms in total. The van der Waals surface area contributed by atoms with Crippen LogP contribution in [0.25, 0.3) is 22.4 Å². The number of nitrogens with one attached hydrogen (secondary N) is 1. The second-order valence-corrected chi connectivity index (χ2v) is 7.48. The second-order valence-electron chi connectivity index (χ2n) is 7.48. The van der Waals surface area contributed by atoms with E-state index in [2.05, 4.69) is 25.3 Å². The number of hydrogen-bond acceptors (Lipinski definition) is 6. The number of fused-ring (bicyclic) bond motifs is 1. The Kier molecular flexibility index (Phi) is 4.18. The molecule has 0 radical (unpaired) electrons. The Morgan fingerprint density at radius 3 is 2.79 bits per heavy atom. The van der Waals surface area contributed by atoms with Gasteiger partial charge in [-0.25, -0.2) is 9.37 Å². The third-order valence-corrected chi connectivity index (χ3v) is 5.39. The van der Waals surface area contributed by atoms with E-state index in [1.54, 1.807) is 12.1 Å². The lowest BCUT2D eigenvalue weighted by Gasteiger charge is -2.33. The van der Waals surface area contributed by atoms with Gasteiger partial charge in [-0.05, 0) is 49.9 Å². The van der Waals surface area contributed by atoms with E-state index >= 15 is 0 Å². The van der Waals surface area contributed by atoms with Crippen molar-refractivity contribution in [3.63, 3.8) is 0 Å². The van der Waals surface area contributed by atoms with Crippen LogP contribution in [0.2, 0.25) is 0 Å². The summed E-state index contributed by atoms with van der Waals surface area (Å²) in [5.41, 5.74) is 1.69. The van der Waals surface area contributed by atoms with Gasteiger partial charge in [-0.15, -0.1) is 0 Å². The first-order chi connectivity index (χ1) is 13.7. The van der Waals surface area contributed by atoms with Crippen molar-refractivity contribution in [2.45, 2.75) is 31.7 Å². The number of halogens is 1. The van der Waals surface area contributed by atoms with E-state index in [0.29, 0.717) is 35.2 Å². The smallest absolute Gasteiger partial charge is 0.263 e. The molecule has 5 rings (SSSR count). The number of nitrogens with zero attached hydrogens (tertiary/aromatic N) is 4. The summed E-state index contributed by atoms with van der Waals surface area (Å²) >= 11 is 0. The summed E-state index contributed by atoms with van der Waals surface area (Å²) < 4.78 is 18.7. The maximum absolute atomic E-state index is 13.3. The molecule has 0 spiro atoms. The monoisotopic (exact) mass is 381 g/mol. The fraction of sp³-hybridized carbons (Fsp3) is 0.400. The lowest BCUT2D eigenvalue weighted by atomic mass is 9.96. The number of benzene rings is 1. The van der Waals surface area contributed by atoms with Crippen molar-refractivity contribution in [1.29, 1.82) is 0 Å². The van der Waals surface area contributed by atoms with Crippen molar-refractivity contribution in [1.82, 2.24) is 20.4 Å². The van der Waals surface area contributed by atoms with E-state index in [9.17, 15) is 9.18 Å². The lowest BCUT2D eigenvalue weighted by molar-refractivity contribution is -0.125. The summed E-state index contributed by atoms with van der Waals surface area (Å²) in [6, 6.07) is 6.45. The molecule has 3 aromatic rings. The number of hydrogen-bond donors (Lipinski definition) is 1. The Bertz CT molecular complexity index is 1020. The molecule has 1 aliphatic carbocycles. The number of carbonyl (C=O) groups is 1. The summed E-state index contributed by atoms with van der Waals surface area (Å²) in [6.07, 6.45) is 5.39. The SMILES string of the molecule is O=C(NC1CC1)C1CCCN(c2ncnc3onc(-c4ccc(F)cc4)c23)C1. The van der Waals surface area contributed by atoms with Crippen LogP contribution >= 0.6 is 0 Å². The molecule has 2 fully saturated rings. The number of carbonyl (C=O) groups excluding carboxylic acids is 1. The van der Waals surface area contributed by atoms with Gasteiger partial charge in [0.2, 0.25) is 5.91 Å². The van der Waals surface area contributed by atoms with Gasteiger partial charge in [0, 0.05) is 24.7 Å². The minimum Gasteiger partial charge on any atom is -0.355 e. The van der Waals surface area contributed by atoms with Crippen LogP contribution in [-0.4, -0.2) is 40.2 Å². The van der Waals surface area contributed by atoms with E-state index in [-0.39, 0.29) is 17.6 Å². The molecule has 2 aliphatic rings. The Hall–Kier alpha value is -3.03. The van der Waals surface area contributed by atoms with Crippen molar-refractivity contribution < 1.29 is 13.7 Å². The standard InChI is InChI=1S/C20H20FN5O2/c21-14-5-3-12(4-6-14)17-16-18(22-11-23-20(16)28-25-17)26-9-1-2-13(10-26)19(27)24-15-7-8-15/h3-6,11,13,15H,1-2,7-10H2,(H,24,27). The van der Waals surface area contributed by atoms with Crippen LogP contribution in [0.1, 0.15) is 25.7 Å². The van der Waals surface area contributed by atoms with E-state index in [1.807, 2.05) is 0 Å². The molecule has 1 aliphatic heterocycles. The Labute approximate surface area is 160 Å². The Balaban J connectivity index is 1.48. The largest absolute Gasteiger partial charge is 0.355 e. The summed E-state index contributed by atoms with van der Waals surface area (Å²) in [6.45, 7) is 1.39. The second kappa shape index (κ2) is 6.85. The molecule has 1 saturated carbocycles. The molecule has 1 atom stereocenters. The normalized spacial score (nSPS) is 19.8. The van der Waals surface area contributed by atoms with Crippen LogP contribution in [0.4, 0.5) is 10.2 Å². The van der Waals surface area contributed by atoms with Crippen LogP contribution in [0.5, 0.6) is 0 Å². The molecular formula is C20H20FN5O2. The van der Waals surface area contributed by atoms with Crippen LogP contribution in [0.15, 0.2) is 35.1 Å². The van der Waals surface area contributed by atoms with Gasteiger partial charge in [-0.3, -0.25) is 4.79 Å². The van der Waals surface area contributed by atoms with Crippen molar-refractivity contribution >= 4 is 22.8 Å². The molecule has 1 aromatic carbocycles. The molecule has 0 bridgehead atoms. The van der Waals surface area contributed by atoms with Gasteiger partial charge < -0.3 is 14.7 Å². The van der Waals surface area contributed by atoms with Gasteiger partial charge in [0.25, 0.3) is 5.71 Å². The van der Waals surface area contributed by atoms with Gasteiger partial charge in [0.15, 0.2) is 0 Å². The molecule has 144 valence electrons. The number of piperidine rings is 1. The molecule has 8 heteroatoms. The topological polar surface area (TPSA) is 84.2 Å². The zero-order chi connectivity index (χ0) is 19.1. The van der Waals surface area contributed by atoms with E-state index in [0.717, 1.165) is 37.8 Å². The highest BCUT2D eigenvalue weighted by molar-refractivity contribution is 5.98. The number of aromatic nitrogens is 3. The summed E-state index contributed by atoms with van der Waals surface area (Å²) in [4.78, 5) is 23.3. The molecule has 28 heavy (non-hydrogen) atoms. The number of amides is 1. The summed E-state index contributed by atoms with van der Waals surface area (Å²) in [5, 5.41) is 7.94. The van der Waals surface area contributed by atoms with Crippen LogP contribution < -0.4 is 10.2 Å². The predicted octanol–water partition coefficient (Wildman–Crippen LogP) is 2.92. The van der Waals surface area contributed by atoms with Crippen LogP contribution in [-0.2, 0) is 4.79 Å². The van der Waals surface area contributed by atoms with Crippen molar-refractivity contribution in [2.75, 3.05) is 18.0 Å².